The maximum Gasteiger partial charge on any atom is 0.132 e. The Bertz CT molecular complexity index is 573. The molecule has 0 amide bonds. The third-order valence-corrected chi connectivity index (χ3v) is 3.03. The molecule has 0 saturated carbocycles. The zero-order chi connectivity index (χ0) is 14.4. The molecule has 5 heteroatoms. The lowest BCUT2D eigenvalue weighted by Gasteiger charge is -2.06. The summed E-state index contributed by atoms with van der Waals surface area (Å²) in [7, 11) is 1.88. The van der Waals surface area contributed by atoms with Crippen molar-refractivity contribution in [2.45, 2.75) is 26.4 Å². The van der Waals surface area contributed by atoms with Crippen molar-refractivity contribution >= 4 is 5.71 Å². The van der Waals surface area contributed by atoms with Crippen molar-refractivity contribution in [3.05, 3.63) is 47.8 Å². The van der Waals surface area contributed by atoms with Gasteiger partial charge in [-0.05, 0) is 43.5 Å². The largest absolute Gasteiger partial charge is 0.487 e. The predicted octanol–water partition coefficient (Wildman–Crippen LogP) is 2.78. The first kappa shape index (κ1) is 14.1. The van der Waals surface area contributed by atoms with Gasteiger partial charge in [0.25, 0.3) is 0 Å². The van der Waals surface area contributed by atoms with Crippen molar-refractivity contribution in [1.82, 2.24) is 9.78 Å². The van der Waals surface area contributed by atoms with Gasteiger partial charge < -0.3 is 9.94 Å². The lowest BCUT2D eigenvalue weighted by molar-refractivity contribution is 0.300. The van der Waals surface area contributed by atoms with Crippen LogP contribution in [0, 0.1) is 0 Å². The Balaban J connectivity index is 1.85. The van der Waals surface area contributed by atoms with Gasteiger partial charge in [0.1, 0.15) is 12.4 Å². The molecule has 0 atom stereocenters. The smallest absolute Gasteiger partial charge is 0.132 e. The van der Waals surface area contributed by atoms with Crippen LogP contribution >= 0.6 is 0 Å². The van der Waals surface area contributed by atoms with Crippen molar-refractivity contribution in [2.24, 2.45) is 12.2 Å². The Labute approximate surface area is 118 Å². The van der Waals surface area contributed by atoms with E-state index in [1.807, 2.05) is 50.5 Å². The summed E-state index contributed by atoms with van der Waals surface area (Å²) >= 11 is 0. The number of nitrogens with zero attached hydrogens (tertiary/aromatic N) is 3. The van der Waals surface area contributed by atoms with Gasteiger partial charge in [-0.25, -0.2) is 0 Å². The van der Waals surface area contributed by atoms with Gasteiger partial charge in [0.05, 0.1) is 11.4 Å². The highest BCUT2D eigenvalue weighted by molar-refractivity contribution is 5.81. The summed E-state index contributed by atoms with van der Waals surface area (Å²) in [6, 6.07) is 9.88. The lowest BCUT2D eigenvalue weighted by atomic mass is 10.1. The molecule has 2 aromatic rings. The highest BCUT2D eigenvalue weighted by Gasteiger charge is 2.00. The van der Waals surface area contributed by atoms with Crippen LogP contribution < -0.4 is 4.74 Å². The Hall–Kier alpha value is -2.30. The van der Waals surface area contributed by atoms with Crippen molar-refractivity contribution < 1.29 is 9.94 Å². The molecule has 0 spiro atoms. The third kappa shape index (κ3) is 4.12. The van der Waals surface area contributed by atoms with E-state index in [4.69, 9.17) is 9.94 Å². The molecule has 5 nitrogen and oxygen atoms in total. The number of aryl methyl sites for hydroxylation is 2. The van der Waals surface area contributed by atoms with Gasteiger partial charge in [-0.3, -0.25) is 4.68 Å². The normalized spacial score (nSPS) is 11.6. The van der Waals surface area contributed by atoms with E-state index in [1.54, 1.807) is 4.68 Å². The van der Waals surface area contributed by atoms with Gasteiger partial charge in [-0.15, -0.1) is 0 Å². The average molecular weight is 273 g/mol. The van der Waals surface area contributed by atoms with E-state index < -0.39 is 0 Å². The number of rotatable bonds is 6. The summed E-state index contributed by atoms with van der Waals surface area (Å²) < 4.78 is 7.42. The molecular formula is C15H19N3O2. The molecule has 0 bridgehead atoms. The van der Waals surface area contributed by atoms with Crippen LogP contribution in [-0.2, 0) is 20.1 Å². The molecule has 1 N–H and O–H groups in total. The average Bonchev–Trinajstić information content (AvgIpc) is 2.89. The fourth-order valence-electron chi connectivity index (χ4n) is 1.83. The van der Waals surface area contributed by atoms with Crippen LogP contribution in [0.3, 0.4) is 0 Å². The second-order valence-electron chi connectivity index (χ2n) is 4.75. The summed E-state index contributed by atoms with van der Waals surface area (Å²) in [4.78, 5) is 0. The van der Waals surface area contributed by atoms with Gasteiger partial charge in [-0.1, -0.05) is 17.3 Å². The maximum atomic E-state index is 8.60. The van der Waals surface area contributed by atoms with E-state index in [1.165, 1.54) is 5.56 Å². The van der Waals surface area contributed by atoms with Crippen LogP contribution in [-0.4, -0.2) is 20.7 Å². The zero-order valence-corrected chi connectivity index (χ0v) is 11.8. The van der Waals surface area contributed by atoms with E-state index >= 15 is 0 Å². The van der Waals surface area contributed by atoms with Crippen LogP contribution in [0.1, 0.15) is 24.6 Å². The molecule has 2 rings (SSSR count). The molecule has 106 valence electrons. The number of hydrogen-bond donors (Lipinski definition) is 1. The minimum atomic E-state index is 0.469. The Morgan fingerprint density at radius 2 is 2.05 bits per heavy atom. The highest BCUT2D eigenvalue weighted by atomic mass is 16.5. The standard InChI is InChI=1S/C15H19N3O2/c1-12(17-19)3-4-13-5-7-15(8-6-13)20-11-14-9-10-18(2)16-14/h5-10,19H,3-4,11H2,1-2H3/b17-12-. The summed E-state index contributed by atoms with van der Waals surface area (Å²) in [5.74, 6) is 0.826. The molecule has 0 aliphatic heterocycles. The fraction of sp³-hybridized carbons (Fsp3) is 0.333. The van der Waals surface area contributed by atoms with Crippen LogP contribution in [0.25, 0.3) is 0 Å². The SMILES string of the molecule is C/C(CCc1ccc(OCc2ccn(C)n2)cc1)=N/O. The first-order valence-corrected chi connectivity index (χ1v) is 6.55. The second kappa shape index (κ2) is 6.75. The molecule has 20 heavy (non-hydrogen) atoms. The van der Waals surface area contributed by atoms with Gasteiger partial charge in [0.2, 0.25) is 0 Å². The molecule has 0 unspecified atom stereocenters. The van der Waals surface area contributed by atoms with Crippen molar-refractivity contribution in [3.8, 4) is 5.75 Å². The molecule has 0 saturated heterocycles. The van der Waals surface area contributed by atoms with E-state index in [9.17, 15) is 0 Å². The molecule has 1 aromatic heterocycles. The van der Waals surface area contributed by atoms with Crippen LogP contribution in [0.15, 0.2) is 41.7 Å². The number of hydrogen-bond acceptors (Lipinski definition) is 4. The number of oxime groups is 1. The Morgan fingerprint density at radius 3 is 2.65 bits per heavy atom. The summed E-state index contributed by atoms with van der Waals surface area (Å²) in [6.07, 6.45) is 3.51. The molecular weight excluding hydrogens is 254 g/mol. The van der Waals surface area contributed by atoms with Gasteiger partial charge in [0.15, 0.2) is 0 Å². The van der Waals surface area contributed by atoms with Crippen molar-refractivity contribution in [2.75, 3.05) is 0 Å². The first-order valence-electron chi connectivity index (χ1n) is 6.55. The summed E-state index contributed by atoms with van der Waals surface area (Å²) in [5, 5.41) is 16.0. The topological polar surface area (TPSA) is 59.6 Å². The van der Waals surface area contributed by atoms with E-state index in [-0.39, 0.29) is 0 Å². The highest BCUT2D eigenvalue weighted by Crippen LogP contribution is 2.15. The summed E-state index contributed by atoms with van der Waals surface area (Å²) in [5.41, 5.74) is 2.84. The fourth-order valence-corrected chi connectivity index (χ4v) is 1.83. The minimum Gasteiger partial charge on any atom is -0.487 e. The third-order valence-electron chi connectivity index (χ3n) is 3.03. The van der Waals surface area contributed by atoms with Gasteiger partial charge >= 0.3 is 0 Å². The van der Waals surface area contributed by atoms with Crippen LogP contribution in [0.2, 0.25) is 0 Å². The molecule has 0 aliphatic rings. The van der Waals surface area contributed by atoms with Crippen LogP contribution in [0.4, 0.5) is 0 Å². The van der Waals surface area contributed by atoms with Crippen molar-refractivity contribution in [3.63, 3.8) is 0 Å². The monoisotopic (exact) mass is 273 g/mol. The minimum absolute atomic E-state index is 0.469. The number of ether oxygens (including phenoxy) is 1. The second-order valence-corrected chi connectivity index (χ2v) is 4.75. The van der Waals surface area contributed by atoms with E-state index in [0.717, 1.165) is 30.0 Å². The van der Waals surface area contributed by atoms with Gasteiger partial charge in [0, 0.05) is 13.2 Å². The maximum absolute atomic E-state index is 8.60. The Kier molecular flexibility index (Phi) is 4.76. The molecule has 0 aliphatic carbocycles. The first-order chi connectivity index (χ1) is 9.67. The van der Waals surface area contributed by atoms with E-state index in [2.05, 4.69) is 10.3 Å². The lowest BCUT2D eigenvalue weighted by Crippen LogP contribution is -1.98. The molecule has 1 heterocycles. The van der Waals surface area contributed by atoms with Gasteiger partial charge in [-0.2, -0.15) is 5.10 Å². The molecule has 0 radical (unpaired) electrons. The zero-order valence-electron chi connectivity index (χ0n) is 11.8. The quantitative estimate of drug-likeness (QED) is 0.500. The van der Waals surface area contributed by atoms with E-state index in [0.29, 0.717) is 6.61 Å². The van der Waals surface area contributed by atoms with Crippen LogP contribution in [0.5, 0.6) is 5.75 Å². The Morgan fingerprint density at radius 1 is 1.30 bits per heavy atom. The van der Waals surface area contributed by atoms with Crippen molar-refractivity contribution in [1.29, 1.82) is 0 Å². The molecule has 0 fully saturated rings. The number of benzene rings is 1. The summed E-state index contributed by atoms with van der Waals surface area (Å²) in [6.45, 7) is 2.28. The molecule has 1 aromatic carbocycles. The predicted molar refractivity (Wildman–Crippen MR) is 77.2 cm³/mol. The number of aromatic nitrogens is 2.